The lowest BCUT2D eigenvalue weighted by Gasteiger charge is -2.17. The number of carbonyl (C=O) groups is 1. The third-order valence-electron chi connectivity index (χ3n) is 4.34. The molecule has 3 rings (SSSR count). The molecule has 6 nitrogen and oxygen atoms in total. The Kier molecular flexibility index (Phi) is 4.80. The van der Waals surface area contributed by atoms with Gasteiger partial charge in [-0.3, -0.25) is 0 Å². The fourth-order valence-corrected chi connectivity index (χ4v) is 3.05. The van der Waals surface area contributed by atoms with Gasteiger partial charge in [-0.1, -0.05) is 12.1 Å². The normalized spacial score (nSPS) is 20.4. The highest BCUT2D eigenvalue weighted by Gasteiger charge is 2.35. The second-order valence-corrected chi connectivity index (χ2v) is 6.25. The van der Waals surface area contributed by atoms with Crippen LogP contribution in [0.5, 0.6) is 0 Å². The van der Waals surface area contributed by atoms with E-state index in [-0.39, 0.29) is 23.8 Å². The van der Waals surface area contributed by atoms with E-state index in [0.29, 0.717) is 26.1 Å². The number of halogens is 1. The molecule has 2 amide bonds. The van der Waals surface area contributed by atoms with Gasteiger partial charge in [-0.05, 0) is 24.1 Å². The summed E-state index contributed by atoms with van der Waals surface area (Å²) in [6.07, 6.45) is 4.27. The summed E-state index contributed by atoms with van der Waals surface area (Å²) < 4.78 is 15.0. The summed E-state index contributed by atoms with van der Waals surface area (Å²) in [7, 11) is 1.91. The molecule has 3 N–H and O–H groups in total. The van der Waals surface area contributed by atoms with Crippen molar-refractivity contribution in [3.05, 3.63) is 53.9 Å². The first-order chi connectivity index (χ1) is 11.5. The Balaban J connectivity index is 1.51. The average Bonchev–Trinajstić information content (AvgIpc) is 3.13. The molecule has 0 saturated carbocycles. The first-order valence-electron chi connectivity index (χ1n) is 8.03. The molecule has 7 heteroatoms. The van der Waals surface area contributed by atoms with Gasteiger partial charge in [0.25, 0.3) is 0 Å². The van der Waals surface area contributed by atoms with Gasteiger partial charge in [0.05, 0.1) is 12.0 Å². The highest BCUT2D eigenvalue weighted by molar-refractivity contribution is 5.74. The van der Waals surface area contributed by atoms with Crippen LogP contribution >= 0.6 is 0 Å². The molecule has 1 fully saturated rings. The standard InChI is InChI=1S/C17H22FN5O/c1-22-10-16(21-11-22)14-8-23(9-15(14)19)17(24)20-6-5-12-3-2-4-13(18)7-12/h2-4,7,10-11,14-15H,5-6,8-9,19H2,1H3,(H,20,24)/t14-,15-/m1/s1. The molecule has 2 heterocycles. The summed E-state index contributed by atoms with van der Waals surface area (Å²) in [5, 5.41) is 2.87. The molecule has 1 aliphatic rings. The molecule has 128 valence electrons. The van der Waals surface area contributed by atoms with Crippen LogP contribution in [0, 0.1) is 5.82 Å². The van der Waals surface area contributed by atoms with Crippen molar-refractivity contribution in [1.29, 1.82) is 0 Å². The number of amides is 2. The van der Waals surface area contributed by atoms with E-state index >= 15 is 0 Å². The number of aromatic nitrogens is 2. The van der Waals surface area contributed by atoms with Crippen molar-refractivity contribution in [2.45, 2.75) is 18.4 Å². The molecule has 1 aliphatic heterocycles. The number of nitrogens with two attached hydrogens (primary N) is 1. The van der Waals surface area contributed by atoms with E-state index < -0.39 is 0 Å². The molecule has 0 radical (unpaired) electrons. The van der Waals surface area contributed by atoms with Crippen LogP contribution in [-0.4, -0.2) is 46.2 Å². The van der Waals surface area contributed by atoms with Crippen molar-refractivity contribution < 1.29 is 9.18 Å². The van der Waals surface area contributed by atoms with Gasteiger partial charge in [0.1, 0.15) is 5.82 Å². The van der Waals surface area contributed by atoms with Crippen LogP contribution < -0.4 is 11.1 Å². The summed E-state index contributed by atoms with van der Waals surface area (Å²) in [5.74, 6) is -0.206. The Bertz CT molecular complexity index is 717. The summed E-state index contributed by atoms with van der Waals surface area (Å²) in [4.78, 5) is 18.3. The molecule has 2 aromatic rings. The molecular formula is C17H22FN5O. The van der Waals surface area contributed by atoms with Crippen LogP contribution in [-0.2, 0) is 13.5 Å². The van der Waals surface area contributed by atoms with Gasteiger partial charge in [-0.25, -0.2) is 14.2 Å². The number of imidazole rings is 1. The third-order valence-corrected chi connectivity index (χ3v) is 4.34. The zero-order chi connectivity index (χ0) is 17.1. The Morgan fingerprint density at radius 3 is 3.00 bits per heavy atom. The van der Waals surface area contributed by atoms with Crippen LogP contribution in [0.2, 0.25) is 0 Å². The average molecular weight is 331 g/mol. The smallest absolute Gasteiger partial charge is 0.317 e. The maximum Gasteiger partial charge on any atom is 0.317 e. The van der Waals surface area contributed by atoms with Crippen molar-refractivity contribution >= 4 is 6.03 Å². The Morgan fingerprint density at radius 2 is 2.29 bits per heavy atom. The number of carbonyl (C=O) groups excluding carboxylic acids is 1. The lowest BCUT2D eigenvalue weighted by molar-refractivity contribution is 0.208. The van der Waals surface area contributed by atoms with E-state index in [1.807, 2.05) is 23.9 Å². The van der Waals surface area contributed by atoms with E-state index in [2.05, 4.69) is 10.3 Å². The number of aryl methyl sites for hydroxylation is 1. The fraction of sp³-hybridized carbons (Fsp3) is 0.412. The van der Waals surface area contributed by atoms with Gasteiger partial charge >= 0.3 is 6.03 Å². The topological polar surface area (TPSA) is 76.2 Å². The van der Waals surface area contributed by atoms with Crippen LogP contribution in [0.1, 0.15) is 17.2 Å². The zero-order valence-electron chi connectivity index (χ0n) is 13.7. The predicted octanol–water partition coefficient (Wildman–Crippen LogP) is 1.24. The third kappa shape index (κ3) is 3.73. The maximum atomic E-state index is 13.1. The van der Waals surface area contributed by atoms with Crippen LogP contribution in [0.15, 0.2) is 36.8 Å². The van der Waals surface area contributed by atoms with E-state index in [1.54, 1.807) is 17.3 Å². The van der Waals surface area contributed by atoms with Crippen molar-refractivity contribution in [2.24, 2.45) is 12.8 Å². The van der Waals surface area contributed by atoms with E-state index in [9.17, 15) is 9.18 Å². The van der Waals surface area contributed by atoms with Crippen LogP contribution in [0.4, 0.5) is 9.18 Å². The molecular weight excluding hydrogens is 309 g/mol. The number of rotatable bonds is 4. The number of benzene rings is 1. The quantitative estimate of drug-likeness (QED) is 0.885. The summed E-state index contributed by atoms with van der Waals surface area (Å²) >= 11 is 0. The fourth-order valence-electron chi connectivity index (χ4n) is 3.05. The van der Waals surface area contributed by atoms with Crippen molar-refractivity contribution in [3.63, 3.8) is 0 Å². The Hall–Kier alpha value is -2.41. The largest absolute Gasteiger partial charge is 0.340 e. The van der Waals surface area contributed by atoms with Gasteiger partial charge in [-0.15, -0.1) is 0 Å². The summed E-state index contributed by atoms with van der Waals surface area (Å²) in [6.45, 7) is 1.53. The van der Waals surface area contributed by atoms with Gasteiger partial charge in [0.15, 0.2) is 0 Å². The highest BCUT2D eigenvalue weighted by atomic mass is 19.1. The van der Waals surface area contributed by atoms with Crippen LogP contribution in [0.3, 0.4) is 0 Å². The van der Waals surface area contributed by atoms with Gasteiger partial charge in [0, 0.05) is 44.8 Å². The second kappa shape index (κ2) is 7.00. The van der Waals surface area contributed by atoms with Crippen molar-refractivity contribution in [3.8, 4) is 0 Å². The van der Waals surface area contributed by atoms with Gasteiger partial charge in [-0.2, -0.15) is 0 Å². The number of nitrogens with one attached hydrogen (secondary N) is 1. The highest BCUT2D eigenvalue weighted by Crippen LogP contribution is 2.25. The number of hydrogen-bond donors (Lipinski definition) is 2. The van der Waals surface area contributed by atoms with E-state index in [0.717, 1.165) is 11.3 Å². The lowest BCUT2D eigenvalue weighted by atomic mass is 10.0. The maximum absolute atomic E-state index is 13.1. The second-order valence-electron chi connectivity index (χ2n) is 6.25. The first-order valence-corrected chi connectivity index (χ1v) is 8.03. The van der Waals surface area contributed by atoms with Gasteiger partial charge in [0.2, 0.25) is 0 Å². The molecule has 1 aromatic heterocycles. The summed E-state index contributed by atoms with van der Waals surface area (Å²) in [6, 6.07) is 6.15. The molecule has 1 aromatic carbocycles. The Morgan fingerprint density at radius 1 is 1.46 bits per heavy atom. The first kappa shape index (κ1) is 16.4. The minimum Gasteiger partial charge on any atom is -0.340 e. The minimum absolute atomic E-state index is 0.0557. The molecule has 0 unspecified atom stereocenters. The molecule has 2 atom stereocenters. The molecule has 24 heavy (non-hydrogen) atoms. The molecule has 0 aliphatic carbocycles. The SMILES string of the molecule is Cn1cnc([C@@H]2CN(C(=O)NCCc3cccc(F)c3)C[C@H]2N)c1. The minimum atomic E-state index is -0.262. The lowest BCUT2D eigenvalue weighted by Crippen LogP contribution is -2.40. The van der Waals surface area contributed by atoms with E-state index in [1.165, 1.54) is 12.1 Å². The van der Waals surface area contributed by atoms with Gasteiger partial charge < -0.3 is 20.5 Å². The zero-order valence-corrected chi connectivity index (χ0v) is 13.7. The predicted molar refractivity (Wildman–Crippen MR) is 89.0 cm³/mol. The summed E-state index contributed by atoms with van der Waals surface area (Å²) in [5.41, 5.74) is 7.95. The molecule has 1 saturated heterocycles. The molecule has 0 spiro atoms. The van der Waals surface area contributed by atoms with Crippen LogP contribution in [0.25, 0.3) is 0 Å². The number of hydrogen-bond acceptors (Lipinski definition) is 3. The Labute approximate surface area is 140 Å². The number of likely N-dealkylation sites (tertiary alicyclic amines) is 1. The van der Waals surface area contributed by atoms with E-state index in [4.69, 9.17) is 5.73 Å². The van der Waals surface area contributed by atoms with Crippen molar-refractivity contribution in [1.82, 2.24) is 19.8 Å². The van der Waals surface area contributed by atoms with Crippen molar-refractivity contribution in [2.75, 3.05) is 19.6 Å². The molecule has 0 bridgehead atoms. The monoisotopic (exact) mass is 331 g/mol. The number of nitrogens with zero attached hydrogens (tertiary/aromatic N) is 3. The number of urea groups is 1.